The van der Waals surface area contributed by atoms with Crippen molar-refractivity contribution in [2.24, 2.45) is 0 Å². The number of anilines is 3. The average Bonchev–Trinajstić information content (AvgIpc) is 2.84. The van der Waals surface area contributed by atoms with Crippen molar-refractivity contribution in [3.63, 3.8) is 0 Å². The molecular formula is C25H27ClN4O4. The number of hydrogen-bond donors (Lipinski definition) is 3. The standard InChI is InChI=1S/C25H27ClN4O4/c1-33-22-12-10-21(11-13-22)30(25(32)29-19-7-3-6-18(26)16-19)15-5-14-27-24(31)28-20-8-4-9-23(17-20)34-2/h3-4,6-13,16-17H,5,14-15H2,1-2H3,(H,29,32)(H2,27,28,31). The molecule has 8 nitrogen and oxygen atoms in total. The molecule has 0 radical (unpaired) electrons. The maximum atomic E-state index is 13.0. The van der Waals surface area contributed by atoms with Gasteiger partial charge in [0.2, 0.25) is 0 Å². The smallest absolute Gasteiger partial charge is 0.326 e. The number of halogens is 1. The fourth-order valence-electron chi connectivity index (χ4n) is 3.18. The summed E-state index contributed by atoms with van der Waals surface area (Å²) in [6.45, 7) is 0.741. The number of amides is 4. The zero-order chi connectivity index (χ0) is 24.3. The third-order valence-corrected chi connectivity index (χ3v) is 5.11. The second-order valence-electron chi connectivity index (χ2n) is 7.26. The van der Waals surface area contributed by atoms with Gasteiger partial charge in [0.15, 0.2) is 0 Å². The van der Waals surface area contributed by atoms with Gasteiger partial charge in [0.1, 0.15) is 11.5 Å². The van der Waals surface area contributed by atoms with Gasteiger partial charge in [-0.3, -0.25) is 4.90 Å². The van der Waals surface area contributed by atoms with E-state index in [2.05, 4.69) is 16.0 Å². The summed E-state index contributed by atoms with van der Waals surface area (Å²) in [5.74, 6) is 1.34. The number of rotatable bonds is 9. The fourth-order valence-corrected chi connectivity index (χ4v) is 3.37. The Morgan fingerprint density at radius 3 is 2.21 bits per heavy atom. The summed E-state index contributed by atoms with van der Waals surface area (Å²) in [5.41, 5.74) is 1.91. The second kappa shape index (κ2) is 12.4. The second-order valence-corrected chi connectivity index (χ2v) is 7.69. The van der Waals surface area contributed by atoms with Crippen LogP contribution in [-0.2, 0) is 0 Å². The molecule has 3 aromatic carbocycles. The van der Waals surface area contributed by atoms with E-state index in [4.69, 9.17) is 21.1 Å². The number of nitrogens with zero attached hydrogens (tertiary/aromatic N) is 1. The van der Waals surface area contributed by atoms with Crippen molar-refractivity contribution in [3.05, 3.63) is 77.8 Å². The molecule has 0 unspecified atom stereocenters. The van der Waals surface area contributed by atoms with Gasteiger partial charge in [-0.2, -0.15) is 0 Å². The van der Waals surface area contributed by atoms with Crippen molar-refractivity contribution >= 4 is 40.7 Å². The third kappa shape index (κ3) is 7.31. The lowest BCUT2D eigenvalue weighted by molar-refractivity contribution is 0.252. The molecule has 34 heavy (non-hydrogen) atoms. The Kier molecular flexibility index (Phi) is 8.99. The molecule has 9 heteroatoms. The maximum Gasteiger partial charge on any atom is 0.326 e. The van der Waals surface area contributed by atoms with Gasteiger partial charge >= 0.3 is 12.1 Å². The van der Waals surface area contributed by atoms with Crippen molar-refractivity contribution in [3.8, 4) is 11.5 Å². The van der Waals surface area contributed by atoms with Gasteiger partial charge in [-0.25, -0.2) is 9.59 Å². The summed E-state index contributed by atoms with van der Waals surface area (Å²) < 4.78 is 10.4. The number of ether oxygens (including phenoxy) is 2. The summed E-state index contributed by atoms with van der Waals surface area (Å²) in [6, 6.07) is 20.6. The molecule has 0 atom stereocenters. The van der Waals surface area contributed by atoms with Crippen LogP contribution in [0, 0.1) is 0 Å². The summed E-state index contributed by atoms with van der Waals surface area (Å²) in [4.78, 5) is 26.9. The molecule has 0 fully saturated rings. The number of methoxy groups -OCH3 is 2. The molecule has 0 aliphatic rings. The average molecular weight is 483 g/mol. The molecule has 178 valence electrons. The molecule has 3 N–H and O–H groups in total. The van der Waals surface area contributed by atoms with Crippen LogP contribution in [0.2, 0.25) is 5.02 Å². The third-order valence-electron chi connectivity index (χ3n) is 4.88. The van der Waals surface area contributed by atoms with Crippen LogP contribution in [0.4, 0.5) is 26.7 Å². The first-order valence-corrected chi connectivity index (χ1v) is 11.0. The largest absolute Gasteiger partial charge is 0.497 e. The summed E-state index contributed by atoms with van der Waals surface area (Å²) in [6.07, 6.45) is 0.528. The first-order valence-electron chi connectivity index (χ1n) is 10.7. The van der Waals surface area contributed by atoms with E-state index >= 15 is 0 Å². The van der Waals surface area contributed by atoms with Crippen LogP contribution in [0.1, 0.15) is 6.42 Å². The van der Waals surface area contributed by atoms with E-state index < -0.39 is 0 Å². The number of carbonyl (C=O) groups is 2. The first-order chi connectivity index (χ1) is 16.5. The van der Waals surface area contributed by atoms with Crippen molar-refractivity contribution in [1.82, 2.24) is 5.32 Å². The fraction of sp³-hybridized carbons (Fsp3) is 0.200. The number of urea groups is 2. The topological polar surface area (TPSA) is 91.9 Å². The summed E-state index contributed by atoms with van der Waals surface area (Å²) in [7, 11) is 3.15. The van der Waals surface area contributed by atoms with Crippen LogP contribution >= 0.6 is 11.6 Å². The molecule has 4 amide bonds. The van der Waals surface area contributed by atoms with Crippen molar-refractivity contribution < 1.29 is 19.1 Å². The minimum absolute atomic E-state index is 0.312. The molecule has 0 aliphatic carbocycles. The molecule has 0 saturated carbocycles. The number of nitrogens with one attached hydrogen (secondary N) is 3. The Morgan fingerprint density at radius 1 is 0.853 bits per heavy atom. The minimum Gasteiger partial charge on any atom is -0.497 e. The molecular weight excluding hydrogens is 456 g/mol. The maximum absolute atomic E-state index is 13.0. The number of hydrogen-bond acceptors (Lipinski definition) is 4. The summed E-state index contributed by atoms with van der Waals surface area (Å²) >= 11 is 6.03. The van der Waals surface area contributed by atoms with Crippen LogP contribution in [0.3, 0.4) is 0 Å². The molecule has 0 spiro atoms. The Balaban J connectivity index is 1.59. The number of carbonyl (C=O) groups excluding carboxylic acids is 2. The van der Waals surface area contributed by atoms with Crippen LogP contribution in [0.5, 0.6) is 11.5 Å². The predicted octanol–water partition coefficient (Wildman–Crippen LogP) is 5.61. The molecule has 0 aliphatic heterocycles. The molecule has 0 saturated heterocycles. The SMILES string of the molecule is COc1ccc(N(CCCNC(=O)Nc2cccc(OC)c2)C(=O)Nc2cccc(Cl)c2)cc1. The highest BCUT2D eigenvalue weighted by atomic mass is 35.5. The lowest BCUT2D eigenvalue weighted by Crippen LogP contribution is -2.38. The lowest BCUT2D eigenvalue weighted by Gasteiger charge is -2.24. The van der Waals surface area contributed by atoms with E-state index in [1.54, 1.807) is 91.9 Å². The lowest BCUT2D eigenvalue weighted by atomic mass is 10.2. The van der Waals surface area contributed by atoms with Crippen molar-refractivity contribution in [1.29, 1.82) is 0 Å². The van der Waals surface area contributed by atoms with E-state index in [1.165, 1.54) is 0 Å². The molecule has 0 bridgehead atoms. The van der Waals surface area contributed by atoms with Gasteiger partial charge in [0.05, 0.1) is 14.2 Å². The quantitative estimate of drug-likeness (QED) is 0.346. The van der Waals surface area contributed by atoms with E-state index in [0.29, 0.717) is 53.1 Å². The molecule has 0 aromatic heterocycles. The monoisotopic (exact) mass is 482 g/mol. The van der Waals surface area contributed by atoms with Crippen LogP contribution < -0.4 is 30.3 Å². The van der Waals surface area contributed by atoms with E-state index in [-0.39, 0.29) is 12.1 Å². The van der Waals surface area contributed by atoms with E-state index in [1.807, 2.05) is 0 Å². The van der Waals surface area contributed by atoms with Gasteiger partial charge in [-0.1, -0.05) is 23.7 Å². The molecule has 0 heterocycles. The van der Waals surface area contributed by atoms with Gasteiger partial charge in [0, 0.05) is 41.2 Å². The van der Waals surface area contributed by atoms with E-state index in [0.717, 1.165) is 0 Å². The molecule has 3 rings (SSSR count). The van der Waals surface area contributed by atoms with Crippen LogP contribution in [-0.4, -0.2) is 39.4 Å². The normalized spacial score (nSPS) is 10.2. The zero-order valence-corrected chi connectivity index (χ0v) is 19.8. The predicted molar refractivity (Wildman–Crippen MR) is 135 cm³/mol. The van der Waals surface area contributed by atoms with E-state index in [9.17, 15) is 9.59 Å². The molecule has 3 aromatic rings. The van der Waals surface area contributed by atoms with Gasteiger partial charge in [0.25, 0.3) is 0 Å². The Morgan fingerprint density at radius 2 is 1.53 bits per heavy atom. The Hall–Kier alpha value is -3.91. The summed E-state index contributed by atoms with van der Waals surface area (Å²) in [5, 5.41) is 8.95. The minimum atomic E-state index is -0.340. The highest BCUT2D eigenvalue weighted by molar-refractivity contribution is 6.30. The highest BCUT2D eigenvalue weighted by Gasteiger charge is 2.16. The van der Waals surface area contributed by atoms with Gasteiger partial charge in [-0.15, -0.1) is 0 Å². The Labute approximate surface area is 203 Å². The van der Waals surface area contributed by atoms with Gasteiger partial charge < -0.3 is 25.4 Å². The zero-order valence-electron chi connectivity index (χ0n) is 19.0. The van der Waals surface area contributed by atoms with Crippen molar-refractivity contribution in [2.75, 3.05) is 42.8 Å². The first kappa shape index (κ1) is 24.7. The van der Waals surface area contributed by atoms with Crippen LogP contribution in [0.15, 0.2) is 72.8 Å². The highest BCUT2D eigenvalue weighted by Crippen LogP contribution is 2.22. The van der Waals surface area contributed by atoms with Crippen LogP contribution in [0.25, 0.3) is 0 Å². The number of benzene rings is 3. The Bertz CT molecular complexity index is 1110. The van der Waals surface area contributed by atoms with Crippen molar-refractivity contribution in [2.45, 2.75) is 6.42 Å². The van der Waals surface area contributed by atoms with Gasteiger partial charge in [-0.05, 0) is 61.0 Å².